The Balaban J connectivity index is 2.36. The number of hydrogen-bond donors (Lipinski definition) is 0. The molecule has 0 bridgehead atoms. The highest BCUT2D eigenvalue weighted by molar-refractivity contribution is 5.36. The van der Waals surface area contributed by atoms with Crippen LogP contribution in [0.2, 0.25) is 0 Å². The molecule has 0 atom stereocenters. The van der Waals surface area contributed by atoms with Gasteiger partial charge in [0.05, 0.1) is 5.41 Å². The second-order valence-corrected chi connectivity index (χ2v) is 4.34. The second-order valence-electron chi connectivity index (χ2n) is 4.34. The predicted molar refractivity (Wildman–Crippen MR) is 52.7 cm³/mol. The Bertz CT molecular complexity index is 328. The van der Waals surface area contributed by atoms with Gasteiger partial charge in [-0.1, -0.05) is 29.8 Å². The van der Waals surface area contributed by atoms with Crippen LogP contribution in [-0.2, 0) is 5.41 Å². The first kappa shape index (κ1) is 9.63. The number of benzene rings is 1. The fourth-order valence-corrected chi connectivity index (χ4v) is 1.98. The zero-order valence-electron chi connectivity index (χ0n) is 8.48. The van der Waals surface area contributed by atoms with Gasteiger partial charge in [0.15, 0.2) is 0 Å². The lowest BCUT2D eigenvalue weighted by atomic mass is 9.89. The molecule has 1 fully saturated rings. The van der Waals surface area contributed by atoms with E-state index in [0.717, 1.165) is 18.1 Å². The molecule has 0 aliphatic heterocycles. The lowest BCUT2D eigenvalue weighted by Gasteiger charge is -2.23. The van der Waals surface area contributed by atoms with Crippen molar-refractivity contribution >= 4 is 0 Å². The lowest BCUT2D eigenvalue weighted by molar-refractivity contribution is -0.0200. The molecule has 1 saturated carbocycles. The van der Waals surface area contributed by atoms with Gasteiger partial charge in [-0.25, -0.2) is 8.78 Å². The van der Waals surface area contributed by atoms with E-state index in [0.29, 0.717) is 12.8 Å². The molecular formula is C12H14F2. The maximum atomic E-state index is 13.3. The molecule has 76 valence electrons. The Kier molecular flexibility index (Phi) is 1.91. The zero-order chi connectivity index (χ0) is 10.4. The molecule has 0 aromatic heterocycles. The van der Waals surface area contributed by atoms with Crippen LogP contribution in [0.1, 0.15) is 30.9 Å². The first-order valence-corrected chi connectivity index (χ1v) is 4.91. The molecule has 0 radical (unpaired) electrons. The lowest BCUT2D eigenvalue weighted by Crippen LogP contribution is -2.29. The summed E-state index contributed by atoms with van der Waals surface area (Å²) in [6.07, 6.45) is 1.22. The maximum Gasteiger partial charge on any atom is 0.254 e. The van der Waals surface area contributed by atoms with Crippen LogP contribution in [0.5, 0.6) is 0 Å². The van der Waals surface area contributed by atoms with Gasteiger partial charge in [-0.05, 0) is 25.3 Å². The summed E-state index contributed by atoms with van der Waals surface area (Å²) >= 11 is 0. The number of rotatable bonds is 2. The number of halogens is 2. The van der Waals surface area contributed by atoms with E-state index in [1.165, 1.54) is 0 Å². The molecule has 2 heteroatoms. The van der Waals surface area contributed by atoms with Crippen molar-refractivity contribution in [1.29, 1.82) is 0 Å². The van der Waals surface area contributed by atoms with Gasteiger partial charge in [-0.3, -0.25) is 0 Å². The van der Waals surface area contributed by atoms with Crippen LogP contribution in [-0.4, -0.2) is 5.92 Å². The third kappa shape index (κ3) is 1.33. The summed E-state index contributed by atoms with van der Waals surface area (Å²) in [5.74, 6) is -2.59. The van der Waals surface area contributed by atoms with E-state index in [4.69, 9.17) is 0 Å². The summed E-state index contributed by atoms with van der Waals surface area (Å²) in [4.78, 5) is 0. The van der Waals surface area contributed by atoms with Gasteiger partial charge in [0.25, 0.3) is 5.92 Å². The quantitative estimate of drug-likeness (QED) is 0.676. The van der Waals surface area contributed by atoms with Crippen molar-refractivity contribution in [3.8, 4) is 0 Å². The first-order valence-electron chi connectivity index (χ1n) is 4.91. The molecule has 1 aliphatic rings. The maximum absolute atomic E-state index is 13.3. The number of aryl methyl sites for hydroxylation is 1. The largest absolute Gasteiger partial charge is 0.254 e. The minimum atomic E-state index is -2.59. The zero-order valence-corrected chi connectivity index (χ0v) is 8.48. The molecule has 0 N–H and O–H groups in total. The van der Waals surface area contributed by atoms with Crippen molar-refractivity contribution in [2.75, 3.05) is 0 Å². The summed E-state index contributed by atoms with van der Waals surface area (Å²) in [6.45, 7) is 2.99. The van der Waals surface area contributed by atoms with Crippen molar-refractivity contribution in [2.45, 2.75) is 38.0 Å². The fraction of sp³-hybridized carbons (Fsp3) is 0.500. The van der Waals surface area contributed by atoms with Crippen molar-refractivity contribution in [3.63, 3.8) is 0 Å². The van der Waals surface area contributed by atoms with Gasteiger partial charge in [0.2, 0.25) is 0 Å². The third-order valence-corrected chi connectivity index (χ3v) is 3.19. The summed E-state index contributed by atoms with van der Waals surface area (Å²) < 4.78 is 26.7. The van der Waals surface area contributed by atoms with Crippen LogP contribution in [0.25, 0.3) is 0 Å². The summed E-state index contributed by atoms with van der Waals surface area (Å²) in [5.41, 5.74) is 1.04. The normalized spacial score (nSPS) is 19.4. The Hall–Kier alpha value is -0.920. The van der Waals surface area contributed by atoms with Gasteiger partial charge >= 0.3 is 0 Å². The Labute approximate surface area is 82.9 Å². The van der Waals surface area contributed by atoms with Crippen molar-refractivity contribution in [2.24, 2.45) is 0 Å². The molecule has 0 heterocycles. The van der Waals surface area contributed by atoms with Crippen molar-refractivity contribution < 1.29 is 8.78 Å². The highest BCUT2D eigenvalue weighted by Gasteiger charge is 2.59. The average molecular weight is 196 g/mol. The first-order chi connectivity index (χ1) is 6.46. The third-order valence-electron chi connectivity index (χ3n) is 3.19. The van der Waals surface area contributed by atoms with E-state index in [1.54, 1.807) is 0 Å². The number of hydrogen-bond acceptors (Lipinski definition) is 0. The van der Waals surface area contributed by atoms with Crippen LogP contribution in [0.3, 0.4) is 0 Å². The van der Waals surface area contributed by atoms with E-state index in [9.17, 15) is 8.78 Å². The molecule has 0 unspecified atom stereocenters. The Morgan fingerprint density at radius 1 is 1.14 bits per heavy atom. The minimum Gasteiger partial charge on any atom is -0.206 e. The van der Waals surface area contributed by atoms with E-state index in [1.807, 2.05) is 31.2 Å². The van der Waals surface area contributed by atoms with Gasteiger partial charge in [-0.2, -0.15) is 0 Å². The molecule has 0 saturated heterocycles. The van der Waals surface area contributed by atoms with E-state index < -0.39 is 11.3 Å². The monoisotopic (exact) mass is 196 g/mol. The van der Waals surface area contributed by atoms with Crippen molar-refractivity contribution in [3.05, 3.63) is 35.4 Å². The molecule has 1 aromatic carbocycles. The molecule has 0 nitrogen and oxygen atoms in total. The van der Waals surface area contributed by atoms with E-state index in [2.05, 4.69) is 0 Å². The second kappa shape index (κ2) is 2.78. The predicted octanol–water partition coefficient (Wildman–Crippen LogP) is 3.68. The molecule has 0 spiro atoms. The highest BCUT2D eigenvalue weighted by atomic mass is 19.3. The molecule has 1 aromatic rings. The minimum absolute atomic E-state index is 0.611. The Morgan fingerprint density at radius 3 is 2.00 bits per heavy atom. The standard InChI is InChI=1S/C12H14F2/c1-9-3-5-10(6-4-9)12(7-8-12)11(2,13)14/h3-6H,7-8H2,1-2H3. The smallest absolute Gasteiger partial charge is 0.206 e. The van der Waals surface area contributed by atoms with Crippen LogP contribution in [0.4, 0.5) is 8.78 Å². The molecular weight excluding hydrogens is 182 g/mol. The summed E-state index contributed by atoms with van der Waals surface area (Å²) in [6, 6.07) is 7.47. The SMILES string of the molecule is Cc1ccc(C2(C(C)(F)F)CC2)cc1. The van der Waals surface area contributed by atoms with E-state index in [-0.39, 0.29) is 0 Å². The van der Waals surface area contributed by atoms with Crippen LogP contribution in [0, 0.1) is 6.92 Å². The molecule has 1 aliphatic carbocycles. The summed E-state index contributed by atoms with van der Waals surface area (Å²) in [7, 11) is 0. The molecule has 0 amide bonds. The molecule has 14 heavy (non-hydrogen) atoms. The van der Waals surface area contributed by atoms with Gasteiger partial charge < -0.3 is 0 Å². The topological polar surface area (TPSA) is 0 Å². The Morgan fingerprint density at radius 2 is 1.64 bits per heavy atom. The van der Waals surface area contributed by atoms with Crippen LogP contribution >= 0.6 is 0 Å². The highest BCUT2D eigenvalue weighted by Crippen LogP contribution is 2.57. The van der Waals surface area contributed by atoms with E-state index >= 15 is 0 Å². The molecule has 2 rings (SSSR count). The van der Waals surface area contributed by atoms with Gasteiger partial charge in [0, 0.05) is 6.92 Å². The average Bonchev–Trinajstić information content (AvgIpc) is 2.84. The van der Waals surface area contributed by atoms with Gasteiger partial charge in [-0.15, -0.1) is 0 Å². The van der Waals surface area contributed by atoms with Crippen LogP contribution in [0.15, 0.2) is 24.3 Å². The van der Waals surface area contributed by atoms with Gasteiger partial charge in [0.1, 0.15) is 0 Å². The van der Waals surface area contributed by atoms with Crippen molar-refractivity contribution in [1.82, 2.24) is 0 Å². The van der Waals surface area contributed by atoms with Crippen LogP contribution < -0.4 is 0 Å². The number of alkyl halides is 2. The summed E-state index contributed by atoms with van der Waals surface area (Å²) in [5, 5.41) is 0. The fourth-order valence-electron chi connectivity index (χ4n) is 1.98.